The quantitative estimate of drug-likeness (QED) is 0.848. The Bertz CT molecular complexity index is 714. The minimum atomic E-state index is -0.267. The van der Waals surface area contributed by atoms with E-state index in [1.165, 1.54) is 11.3 Å². The van der Waals surface area contributed by atoms with Gasteiger partial charge in [-0.3, -0.25) is 4.79 Å². The number of aromatic nitrogens is 1. The first-order valence-electron chi connectivity index (χ1n) is 7.55. The van der Waals surface area contributed by atoms with Crippen LogP contribution in [0.5, 0.6) is 0 Å². The van der Waals surface area contributed by atoms with Gasteiger partial charge in [0.05, 0.1) is 35.9 Å². The Labute approximate surface area is 145 Å². The minimum absolute atomic E-state index is 0.0920. The van der Waals surface area contributed by atoms with Crippen molar-refractivity contribution in [2.75, 3.05) is 19.8 Å². The number of ether oxygens (including phenoxy) is 1. The molecule has 1 fully saturated rings. The molecular formula is C17H19ClN2O2S. The lowest BCUT2D eigenvalue weighted by Crippen LogP contribution is -2.55. The number of carbonyl (C=O) groups excluding carboxylic acids is 1. The molecule has 1 saturated heterocycles. The standard InChI is InChI=1S/C17H19ClN2O2S/c1-17(2)11-22-8-7-20(17)15(21)9-12-10-23-16(19-12)13-5-3-4-6-14(13)18/h3-6,10H,7-9,11H2,1-2H3. The molecule has 0 N–H and O–H groups in total. The summed E-state index contributed by atoms with van der Waals surface area (Å²) < 4.78 is 5.47. The molecule has 2 heterocycles. The summed E-state index contributed by atoms with van der Waals surface area (Å²) in [6.07, 6.45) is 0.310. The number of amides is 1. The van der Waals surface area contributed by atoms with Crippen LogP contribution >= 0.6 is 22.9 Å². The van der Waals surface area contributed by atoms with Crippen molar-refractivity contribution in [3.05, 3.63) is 40.4 Å². The van der Waals surface area contributed by atoms with E-state index < -0.39 is 0 Å². The van der Waals surface area contributed by atoms with Crippen LogP contribution in [0.25, 0.3) is 10.6 Å². The third-order valence-corrected chi connectivity index (χ3v) is 5.19. The molecule has 1 amide bonds. The minimum Gasteiger partial charge on any atom is -0.377 e. The Morgan fingerprint density at radius 3 is 2.96 bits per heavy atom. The van der Waals surface area contributed by atoms with Crippen molar-refractivity contribution in [1.29, 1.82) is 0 Å². The molecule has 0 saturated carbocycles. The molecule has 0 aliphatic carbocycles. The number of morpholine rings is 1. The zero-order valence-electron chi connectivity index (χ0n) is 13.2. The Balaban J connectivity index is 1.74. The number of thiazole rings is 1. The van der Waals surface area contributed by atoms with E-state index in [0.717, 1.165) is 16.3 Å². The lowest BCUT2D eigenvalue weighted by Gasteiger charge is -2.42. The number of halogens is 1. The van der Waals surface area contributed by atoms with E-state index >= 15 is 0 Å². The normalized spacial score (nSPS) is 17.3. The number of carbonyl (C=O) groups is 1. The summed E-state index contributed by atoms with van der Waals surface area (Å²) in [5, 5.41) is 3.46. The highest BCUT2D eigenvalue weighted by Crippen LogP contribution is 2.30. The molecule has 0 bridgehead atoms. The SMILES string of the molecule is CC1(C)COCCN1C(=O)Cc1csc(-c2ccccc2Cl)n1. The van der Waals surface area contributed by atoms with E-state index in [0.29, 0.717) is 31.2 Å². The fourth-order valence-electron chi connectivity index (χ4n) is 2.72. The summed E-state index contributed by atoms with van der Waals surface area (Å²) in [5.74, 6) is 0.0920. The molecule has 0 unspecified atom stereocenters. The highest BCUT2D eigenvalue weighted by atomic mass is 35.5. The third-order valence-electron chi connectivity index (χ3n) is 3.93. The maximum absolute atomic E-state index is 12.6. The zero-order valence-corrected chi connectivity index (χ0v) is 14.8. The first-order valence-corrected chi connectivity index (χ1v) is 8.81. The summed E-state index contributed by atoms with van der Waals surface area (Å²) in [6, 6.07) is 7.62. The van der Waals surface area contributed by atoms with Crippen LogP contribution in [0.4, 0.5) is 0 Å². The molecule has 0 radical (unpaired) electrons. The van der Waals surface area contributed by atoms with Gasteiger partial charge in [0.25, 0.3) is 0 Å². The van der Waals surface area contributed by atoms with Crippen LogP contribution in [0, 0.1) is 0 Å². The van der Waals surface area contributed by atoms with Crippen LogP contribution in [0.3, 0.4) is 0 Å². The van der Waals surface area contributed by atoms with Gasteiger partial charge in [-0.2, -0.15) is 0 Å². The van der Waals surface area contributed by atoms with Crippen LogP contribution < -0.4 is 0 Å². The lowest BCUT2D eigenvalue weighted by molar-refractivity contribution is -0.145. The second-order valence-corrected chi connectivity index (χ2v) is 7.48. The number of hydrogen-bond donors (Lipinski definition) is 0. The van der Waals surface area contributed by atoms with Gasteiger partial charge in [-0.15, -0.1) is 11.3 Å². The average Bonchev–Trinajstić information content (AvgIpc) is 2.95. The second-order valence-electron chi connectivity index (χ2n) is 6.21. The molecule has 1 aliphatic heterocycles. The van der Waals surface area contributed by atoms with E-state index in [-0.39, 0.29) is 11.4 Å². The van der Waals surface area contributed by atoms with Crippen molar-refractivity contribution in [3.8, 4) is 10.6 Å². The van der Waals surface area contributed by atoms with Crippen LogP contribution in [0.15, 0.2) is 29.6 Å². The Morgan fingerprint density at radius 2 is 2.22 bits per heavy atom. The Kier molecular flexibility index (Phi) is 4.71. The molecule has 1 aromatic heterocycles. The van der Waals surface area contributed by atoms with E-state index in [1.807, 2.05) is 48.4 Å². The van der Waals surface area contributed by atoms with Gasteiger partial charge in [-0.25, -0.2) is 4.98 Å². The maximum Gasteiger partial charge on any atom is 0.229 e. The number of benzene rings is 1. The third kappa shape index (κ3) is 3.57. The first-order chi connectivity index (χ1) is 11.0. The molecule has 122 valence electrons. The molecule has 3 rings (SSSR count). The Hall–Kier alpha value is -1.43. The van der Waals surface area contributed by atoms with Gasteiger partial charge in [-0.05, 0) is 19.9 Å². The molecular weight excluding hydrogens is 332 g/mol. The molecule has 1 aromatic carbocycles. The molecule has 4 nitrogen and oxygen atoms in total. The van der Waals surface area contributed by atoms with Gasteiger partial charge >= 0.3 is 0 Å². The molecule has 0 atom stereocenters. The van der Waals surface area contributed by atoms with Gasteiger partial charge in [0, 0.05) is 17.5 Å². The van der Waals surface area contributed by atoms with Crippen molar-refractivity contribution in [2.24, 2.45) is 0 Å². The first kappa shape index (κ1) is 16.4. The number of rotatable bonds is 3. The number of hydrogen-bond acceptors (Lipinski definition) is 4. The van der Waals surface area contributed by atoms with E-state index in [4.69, 9.17) is 16.3 Å². The predicted molar refractivity (Wildman–Crippen MR) is 92.9 cm³/mol. The summed E-state index contributed by atoms with van der Waals surface area (Å²) in [5.41, 5.74) is 1.43. The topological polar surface area (TPSA) is 42.4 Å². The van der Waals surface area contributed by atoms with Crippen molar-refractivity contribution < 1.29 is 9.53 Å². The maximum atomic E-state index is 12.6. The number of nitrogens with zero attached hydrogens (tertiary/aromatic N) is 2. The van der Waals surface area contributed by atoms with Crippen LogP contribution in [0.1, 0.15) is 19.5 Å². The van der Waals surface area contributed by atoms with Crippen molar-refractivity contribution >= 4 is 28.8 Å². The lowest BCUT2D eigenvalue weighted by atomic mass is 10.0. The summed E-state index contributed by atoms with van der Waals surface area (Å²) in [7, 11) is 0. The summed E-state index contributed by atoms with van der Waals surface area (Å²) >= 11 is 7.72. The fourth-order valence-corrected chi connectivity index (χ4v) is 3.86. The zero-order chi connectivity index (χ0) is 16.4. The molecule has 0 spiro atoms. The van der Waals surface area contributed by atoms with Gasteiger partial charge in [0.15, 0.2) is 0 Å². The van der Waals surface area contributed by atoms with Crippen LogP contribution in [-0.4, -0.2) is 41.1 Å². The van der Waals surface area contributed by atoms with Crippen LogP contribution in [0.2, 0.25) is 5.02 Å². The molecule has 2 aromatic rings. The summed E-state index contributed by atoms with van der Waals surface area (Å²) in [6.45, 7) is 5.85. The van der Waals surface area contributed by atoms with Crippen molar-refractivity contribution in [2.45, 2.75) is 25.8 Å². The van der Waals surface area contributed by atoms with E-state index in [2.05, 4.69) is 4.98 Å². The highest BCUT2D eigenvalue weighted by molar-refractivity contribution is 7.13. The highest BCUT2D eigenvalue weighted by Gasteiger charge is 2.34. The molecule has 6 heteroatoms. The van der Waals surface area contributed by atoms with Crippen LogP contribution in [-0.2, 0) is 16.0 Å². The van der Waals surface area contributed by atoms with Gasteiger partial charge in [0.1, 0.15) is 5.01 Å². The second kappa shape index (κ2) is 6.59. The van der Waals surface area contributed by atoms with Crippen molar-refractivity contribution in [3.63, 3.8) is 0 Å². The monoisotopic (exact) mass is 350 g/mol. The summed E-state index contributed by atoms with van der Waals surface area (Å²) in [4.78, 5) is 19.1. The predicted octanol–water partition coefficient (Wildman–Crippen LogP) is 3.64. The Morgan fingerprint density at radius 1 is 1.43 bits per heavy atom. The van der Waals surface area contributed by atoms with Gasteiger partial charge < -0.3 is 9.64 Å². The largest absolute Gasteiger partial charge is 0.377 e. The molecule has 1 aliphatic rings. The average molecular weight is 351 g/mol. The van der Waals surface area contributed by atoms with Gasteiger partial charge in [0.2, 0.25) is 5.91 Å². The van der Waals surface area contributed by atoms with E-state index in [9.17, 15) is 4.79 Å². The van der Waals surface area contributed by atoms with Crippen molar-refractivity contribution in [1.82, 2.24) is 9.88 Å². The smallest absolute Gasteiger partial charge is 0.229 e. The van der Waals surface area contributed by atoms with E-state index in [1.54, 1.807) is 0 Å². The molecule has 23 heavy (non-hydrogen) atoms. The fraction of sp³-hybridized carbons (Fsp3) is 0.412. The van der Waals surface area contributed by atoms with Gasteiger partial charge in [-0.1, -0.05) is 29.8 Å².